The average molecular weight is 247 g/mol. The molecule has 0 fully saturated rings. The predicted octanol–water partition coefficient (Wildman–Crippen LogP) is 2.85. The summed E-state index contributed by atoms with van der Waals surface area (Å²) in [6, 6.07) is 11.8. The van der Waals surface area contributed by atoms with Crippen molar-refractivity contribution < 1.29 is 37.8 Å². The molecule has 0 atom stereocenters. The summed E-state index contributed by atoms with van der Waals surface area (Å²) in [4.78, 5) is 0. The summed E-state index contributed by atoms with van der Waals surface area (Å²) in [5, 5.41) is 11.7. The number of phenols is 1. The van der Waals surface area contributed by atoms with Crippen LogP contribution in [0.2, 0.25) is 0 Å². The summed E-state index contributed by atoms with van der Waals surface area (Å²) in [6.07, 6.45) is 0. The van der Waals surface area contributed by atoms with Crippen LogP contribution in [0.25, 0.3) is 10.8 Å². The molecule has 0 aromatic heterocycles. The maximum absolute atomic E-state index is 9.66. The molecule has 0 unspecified atom stereocenters. The van der Waals surface area contributed by atoms with Gasteiger partial charge in [0.2, 0.25) is 0 Å². The van der Waals surface area contributed by atoms with Gasteiger partial charge in [-0.2, -0.15) is 0 Å². The van der Waals surface area contributed by atoms with Crippen molar-refractivity contribution in [1.29, 1.82) is 0 Å². The third-order valence-corrected chi connectivity index (χ3v) is 2.10. The van der Waals surface area contributed by atoms with Crippen LogP contribution in [0.4, 0.5) is 0 Å². The third kappa shape index (κ3) is 1.92. The van der Waals surface area contributed by atoms with Crippen LogP contribution in [0.1, 0.15) is 5.56 Å². The molecule has 1 radical (unpaired) electrons. The van der Waals surface area contributed by atoms with Gasteiger partial charge in [0.15, 0.2) is 0 Å². The number of fused-ring (bicyclic) bond motifs is 1. The maximum Gasteiger partial charge on any atom is 0.126 e. The summed E-state index contributed by atoms with van der Waals surface area (Å²) < 4.78 is 0. The molecule has 0 saturated heterocycles. The van der Waals surface area contributed by atoms with Gasteiger partial charge in [0.05, 0.1) is 0 Å². The fourth-order valence-electron chi connectivity index (χ4n) is 1.36. The summed E-state index contributed by atoms with van der Waals surface area (Å²) in [5.74, 6) is 0.396. The largest absolute Gasteiger partial charge is 0.507 e. The Morgan fingerprint density at radius 1 is 1.00 bits per heavy atom. The molecule has 0 aliphatic carbocycles. The van der Waals surface area contributed by atoms with Gasteiger partial charge in [-0.05, 0) is 17.9 Å². The summed E-state index contributed by atoms with van der Waals surface area (Å²) in [5.41, 5.74) is 0.925. The molecule has 0 saturated carbocycles. The van der Waals surface area contributed by atoms with E-state index in [-0.39, 0.29) is 32.7 Å². The summed E-state index contributed by atoms with van der Waals surface area (Å²) >= 11 is 0. The second-order valence-corrected chi connectivity index (χ2v) is 2.95. The van der Waals surface area contributed by atoms with Crippen LogP contribution in [0.5, 0.6) is 5.75 Å². The number of rotatable bonds is 0. The van der Waals surface area contributed by atoms with Crippen LogP contribution in [0.15, 0.2) is 36.4 Å². The van der Waals surface area contributed by atoms with Gasteiger partial charge in [-0.15, -0.1) is 0 Å². The fourth-order valence-corrected chi connectivity index (χ4v) is 1.36. The van der Waals surface area contributed by atoms with Crippen molar-refractivity contribution in [3.05, 3.63) is 42.0 Å². The zero-order valence-electron chi connectivity index (χ0n) is 7.49. The Labute approximate surface area is 103 Å². The van der Waals surface area contributed by atoms with Crippen molar-refractivity contribution in [2.75, 3.05) is 0 Å². The first-order valence-corrected chi connectivity index (χ1v) is 3.96. The number of aromatic hydroxyl groups is 1. The van der Waals surface area contributed by atoms with Crippen molar-refractivity contribution in [3.63, 3.8) is 0 Å². The maximum atomic E-state index is 9.66. The Balaban J connectivity index is 0.000000845. The molecule has 0 heterocycles. The molecule has 63 valence electrons. The number of hydrogen-bond donors (Lipinski definition) is 1. The SMILES string of the molecule is Cc1ccc2ccccc2c1O.[Y]. The summed E-state index contributed by atoms with van der Waals surface area (Å²) in [7, 11) is 0. The van der Waals surface area contributed by atoms with E-state index in [0.29, 0.717) is 5.75 Å². The van der Waals surface area contributed by atoms with Gasteiger partial charge in [-0.3, -0.25) is 0 Å². The molecule has 1 N–H and O–H groups in total. The van der Waals surface area contributed by atoms with E-state index in [1.807, 2.05) is 43.3 Å². The van der Waals surface area contributed by atoms with Gasteiger partial charge in [0, 0.05) is 38.1 Å². The molecule has 0 aliphatic rings. The molecule has 0 spiro atoms. The molecule has 2 heteroatoms. The van der Waals surface area contributed by atoms with E-state index in [4.69, 9.17) is 0 Å². The van der Waals surface area contributed by atoms with Crippen molar-refractivity contribution in [1.82, 2.24) is 0 Å². The molecular formula is C11H10OY. The van der Waals surface area contributed by atoms with E-state index in [1.54, 1.807) is 0 Å². The number of aryl methyl sites for hydroxylation is 1. The van der Waals surface area contributed by atoms with Gasteiger partial charge in [0.1, 0.15) is 5.75 Å². The second-order valence-electron chi connectivity index (χ2n) is 2.95. The molecule has 0 amide bonds. The first-order chi connectivity index (χ1) is 5.79. The zero-order valence-corrected chi connectivity index (χ0v) is 10.3. The van der Waals surface area contributed by atoms with Gasteiger partial charge in [-0.25, -0.2) is 0 Å². The number of phenolic OH excluding ortho intramolecular Hbond substituents is 1. The van der Waals surface area contributed by atoms with Gasteiger partial charge in [-0.1, -0.05) is 36.4 Å². The van der Waals surface area contributed by atoms with E-state index in [1.165, 1.54) is 0 Å². The first-order valence-electron chi connectivity index (χ1n) is 3.96. The van der Waals surface area contributed by atoms with Crippen LogP contribution in [-0.2, 0) is 32.7 Å². The average Bonchev–Trinajstić information content (AvgIpc) is 2.12. The number of hydrogen-bond acceptors (Lipinski definition) is 1. The molecule has 2 aromatic rings. The minimum atomic E-state index is 0. The zero-order chi connectivity index (χ0) is 8.55. The van der Waals surface area contributed by atoms with Crippen LogP contribution >= 0.6 is 0 Å². The monoisotopic (exact) mass is 247 g/mol. The first kappa shape index (κ1) is 10.7. The van der Waals surface area contributed by atoms with Gasteiger partial charge < -0.3 is 5.11 Å². The van der Waals surface area contributed by atoms with Crippen molar-refractivity contribution in [2.45, 2.75) is 6.92 Å². The van der Waals surface area contributed by atoms with E-state index < -0.39 is 0 Å². The normalized spacial score (nSPS) is 9.62. The third-order valence-electron chi connectivity index (χ3n) is 2.10. The second kappa shape index (κ2) is 4.21. The molecule has 2 aromatic carbocycles. The Kier molecular flexibility index (Phi) is 3.46. The molecule has 1 nitrogen and oxygen atoms in total. The predicted molar refractivity (Wildman–Crippen MR) is 50.3 cm³/mol. The quantitative estimate of drug-likeness (QED) is 0.758. The Morgan fingerprint density at radius 3 is 2.46 bits per heavy atom. The Morgan fingerprint density at radius 2 is 1.69 bits per heavy atom. The fraction of sp³-hybridized carbons (Fsp3) is 0.0909. The van der Waals surface area contributed by atoms with Crippen molar-refractivity contribution in [3.8, 4) is 5.75 Å². The molecular weight excluding hydrogens is 237 g/mol. The van der Waals surface area contributed by atoms with Crippen LogP contribution < -0.4 is 0 Å². The molecule has 0 aliphatic heterocycles. The smallest absolute Gasteiger partial charge is 0.126 e. The minimum absolute atomic E-state index is 0. The summed E-state index contributed by atoms with van der Waals surface area (Å²) in [6.45, 7) is 1.90. The van der Waals surface area contributed by atoms with E-state index in [9.17, 15) is 5.11 Å². The van der Waals surface area contributed by atoms with Crippen molar-refractivity contribution >= 4 is 10.8 Å². The minimum Gasteiger partial charge on any atom is -0.507 e. The topological polar surface area (TPSA) is 20.2 Å². The van der Waals surface area contributed by atoms with Crippen molar-refractivity contribution in [2.24, 2.45) is 0 Å². The molecule has 0 bridgehead atoms. The van der Waals surface area contributed by atoms with E-state index in [2.05, 4.69) is 0 Å². The van der Waals surface area contributed by atoms with Gasteiger partial charge in [0.25, 0.3) is 0 Å². The number of benzene rings is 2. The standard InChI is InChI=1S/C11H10O.Y/c1-8-6-7-9-4-2-3-5-10(9)11(8)12;/h2-7,12H,1H3;. The van der Waals surface area contributed by atoms with Crippen LogP contribution in [0.3, 0.4) is 0 Å². The molecule has 2 rings (SSSR count). The van der Waals surface area contributed by atoms with Crippen LogP contribution in [-0.4, -0.2) is 5.11 Å². The van der Waals surface area contributed by atoms with E-state index in [0.717, 1.165) is 16.3 Å². The van der Waals surface area contributed by atoms with Gasteiger partial charge >= 0.3 is 0 Å². The van der Waals surface area contributed by atoms with Crippen LogP contribution in [0, 0.1) is 6.92 Å². The Hall–Kier alpha value is -0.396. The molecule has 13 heavy (non-hydrogen) atoms. The van der Waals surface area contributed by atoms with E-state index >= 15 is 0 Å². The Bertz CT molecular complexity index is 423.